The summed E-state index contributed by atoms with van der Waals surface area (Å²) in [4.78, 5) is 12.6. The Morgan fingerprint density at radius 1 is 1.17 bits per heavy atom. The first-order valence-electron chi connectivity index (χ1n) is 7.81. The number of amides is 1. The maximum atomic E-state index is 12.6. The van der Waals surface area contributed by atoms with Gasteiger partial charge in [-0.3, -0.25) is 4.79 Å². The SMILES string of the molecule is COc1ccccc1CNC(=O)c1cccc2c1O[C@@H](C)[C@H]2C. The van der Waals surface area contributed by atoms with Crippen LogP contribution in [0.1, 0.15) is 41.3 Å². The zero-order valence-electron chi connectivity index (χ0n) is 13.6. The third-order valence-corrected chi connectivity index (χ3v) is 4.42. The summed E-state index contributed by atoms with van der Waals surface area (Å²) in [5.74, 6) is 1.65. The fourth-order valence-corrected chi connectivity index (χ4v) is 2.88. The van der Waals surface area contributed by atoms with Gasteiger partial charge in [-0.2, -0.15) is 0 Å². The molecule has 2 aromatic rings. The van der Waals surface area contributed by atoms with Crippen molar-refractivity contribution in [3.05, 3.63) is 59.2 Å². The molecule has 23 heavy (non-hydrogen) atoms. The lowest BCUT2D eigenvalue weighted by molar-refractivity contribution is 0.0945. The Bertz CT molecular complexity index is 726. The van der Waals surface area contributed by atoms with Crippen LogP contribution in [0.15, 0.2) is 42.5 Å². The summed E-state index contributed by atoms with van der Waals surface area (Å²) in [5, 5.41) is 2.95. The molecule has 0 fully saturated rings. The van der Waals surface area contributed by atoms with Gasteiger partial charge in [-0.15, -0.1) is 0 Å². The summed E-state index contributed by atoms with van der Waals surface area (Å²) < 4.78 is 11.2. The Labute approximate surface area is 136 Å². The molecule has 2 aromatic carbocycles. The maximum absolute atomic E-state index is 12.6. The lowest BCUT2D eigenvalue weighted by atomic mass is 9.97. The zero-order chi connectivity index (χ0) is 16.4. The summed E-state index contributed by atoms with van der Waals surface area (Å²) in [6, 6.07) is 13.4. The van der Waals surface area contributed by atoms with E-state index in [-0.39, 0.29) is 12.0 Å². The van der Waals surface area contributed by atoms with E-state index in [0.29, 0.717) is 23.8 Å². The van der Waals surface area contributed by atoms with E-state index in [9.17, 15) is 4.79 Å². The summed E-state index contributed by atoms with van der Waals surface area (Å²) in [7, 11) is 1.63. The van der Waals surface area contributed by atoms with Crippen LogP contribution in [0.5, 0.6) is 11.5 Å². The number of fused-ring (bicyclic) bond motifs is 1. The number of ether oxygens (including phenoxy) is 2. The maximum Gasteiger partial charge on any atom is 0.255 e. The summed E-state index contributed by atoms with van der Waals surface area (Å²) in [5.41, 5.74) is 2.63. The van der Waals surface area contributed by atoms with E-state index in [4.69, 9.17) is 9.47 Å². The summed E-state index contributed by atoms with van der Waals surface area (Å²) in [6.07, 6.45) is 0.0909. The van der Waals surface area contributed by atoms with Gasteiger partial charge in [-0.25, -0.2) is 0 Å². The first-order chi connectivity index (χ1) is 11.1. The standard InChI is InChI=1S/C19H21NO3/c1-12-13(2)23-18-15(12)8-6-9-16(18)19(21)20-11-14-7-4-5-10-17(14)22-3/h4-10,12-13H,11H2,1-3H3,(H,20,21)/t12-,13+/m1/s1. The molecule has 3 rings (SSSR count). The van der Waals surface area contributed by atoms with Crippen molar-refractivity contribution >= 4 is 5.91 Å². The van der Waals surface area contributed by atoms with Crippen LogP contribution >= 0.6 is 0 Å². The number of carbonyl (C=O) groups is 1. The van der Waals surface area contributed by atoms with E-state index in [0.717, 1.165) is 16.9 Å². The molecule has 0 unspecified atom stereocenters. The molecule has 0 bridgehead atoms. The van der Waals surface area contributed by atoms with Gasteiger partial charge in [-0.1, -0.05) is 37.3 Å². The minimum absolute atomic E-state index is 0.0909. The largest absolute Gasteiger partial charge is 0.496 e. The van der Waals surface area contributed by atoms with Crippen LogP contribution in [-0.4, -0.2) is 19.1 Å². The van der Waals surface area contributed by atoms with Crippen LogP contribution in [0, 0.1) is 0 Å². The number of hydrogen-bond donors (Lipinski definition) is 1. The smallest absolute Gasteiger partial charge is 0.255 e. The number of benzene rings is 2. The molecule has 1 heterocycles. The van der Waals surface area contributed by atoms with Crippen LogP contribution in [-0.2, 0) is 6.54 Å². The minimum atomic E-state index is -0.131. The summed E-state index contributed by atoms with van der Waals surface area (Å²) in [6.45, 7) is 4.56. The van der Waals surface area contributed by atoms with E-state index in [1.807, 2.05) is 43.3 Å². The zero-order valence-corrected chi connectivity index (χ0v) is 13.6. The van der Waals surface area contributed by atoms with Gasteiger partial charge >= 0.3 is 0 Å². The van der Waals surface area contributed by atoms with Crippen LogP contribution in [0.25, 0.3) is 0 Å². The quantitative estimate of drug-likeness (QED) is 0.940. The van der Waals surface area contributed by atoms with Gasteiger partial charge in [0.1, 0.15) is 17.6 Å². The Morgan fingerprint density at radius 3 is 2.74 bits per heavy atom. The van der Waals surface area contributed by atoms with Gasteiger partial charge < -0.3 is 14.8 Å². The van der Waals surface area contributed by atoms with Crippen molar-refractivity contribution in [1.29, 1.82) is 0 Å². The third kappa shape index (κ3) is 2.89. The van der Waals surface area contributed by atoms with Crippen LogP contribution in [0.3, 0.4) is 0 Å². The number of hydrogen-bond acceptors (Lipinski definition) is 3. The second-order valence-corrected chi connectivity index (χ2v) is 5.83. The minimum Gasteiger partial charge on any atom is -0.496 e. The molecule has 120 valence electrons. The van der Waals surface area contributed by atoms with Crippen molar-refractivity contribution < 1.29 is 14.3 Å². The molecule has 4 nitrogen and oxygen atoms in total. The van der Waals surface area contributed by atoms with Crippen LogP contribution in [0.4, 0.5) is 0 Å². The van der Waals surface area contributed by atoms with Crippen molar-refractivity contribution in [3.8, 4) is 11.5 Å². The molecule has 0 saturated carbocycles. The Kier molecular flexibility index (Phi) is 4.24. The fourth-order valence-electron chi connectivity index (χ4n) is 2.88. The molecule has 0 aliphatic carbocycles. The van der Waals surface area contributed by atoms with E-state index in [1.165, 1.54) is 0 Å². The molecule has 2 atom stereocenters. The second kappa shape index (κ2) is 6.32. The fraction of sp³-hybridized carbons (Fsp3) is 0.316. The first kappa shape index (κ1) is 15.4. The molecule has 1 aliphatic heterocycles. The average Bonchev–Trinajstić information content (AvgIpc) is 2.87. The van der Waals surface area contributed by atoms with Crippen molar-refractivity contribution in [2.75, 3.05) is 7.11 Å². The van der Waals surface area contributed by atoms with Gasteiger partial charge in [0.25, 0.3) is 5.91 Å². The average molecular weight is 311 g/mol. The molecule has 0 radical (unpaired) electrons. The van der Waals surface area contributed by atoms with Crippen LogP contribution in [0.2, 0.25) is 0 Å². The normalized spacial score (nSPS) is 18.9. The topological polar surface area (TPSA) is 47.6 Å². The molecular formula is C19H21NO3. The molecule has 4 heteroatoms. The molecule has 1 N–H and O–H groups in total. The van der Waals surface area contributed by atoms with Gasteiger partial charge in [0.2, 0.25) is 0 Å². The number of methoxy groups -OCH3 is 1. The van der Waals surface area contributed by atoms with E-state index in [2.05, 4.69) is 12.2 Å². The van der Waals surface area contributed by atoms with Crippen LogP contribution < -0.4 is 14.8 Å². The Balaban J connectivity index is 1.78. The van der Waals surface area contributed by atoms with Gasteiger partial charge in [0.15, 0.2) is 0 Å². The number of para-hydroxylation sites is 2. The lowest BCUT2D eigenvalue weighted by Crippen LogP contribution is -2.23. The monoisotopic (exact) mass is 311 g/mol. The Morgan fingerprint density at radius 2 is 1.96 bits per heavy atom. The summed E-state index contributed by atoms with van der Waals surface area (Å²) >= 11 is 0. The first-order valence-corrected chi connectivity index (χ1v) is 7.81. The molecule has 0 spiro atoms. The molecule has 0 saturated heterocycles. The molecule has 1 aliphatic rings. The highest BCUT2D eigenvalue weighted by Gasteiger charge is 2.30. The van der Waals surface area contributed by atoms with Crippen molar-refractivity contribution in [3.63, 3.8) is 0 Å². The van der Waals surface area contributed by atoms with Gasteiger partial charge in [0.05, 0.1) is 12.7 Å². The van der Waals surface area contributed by atoms with E-state index < -0.39 is 0 Å². The number of rotatable bonds is 4. The second-order valence-electron chi connectivity index (χ2n) is 5.83. The Hall–Kier alpha value is -2.49. The lowest BCUT2D eigenvalue weighted by Gasteiger charge is -2.12. The third-order valence-electron chi connectivity index (χ3n) is 4.42. The predicted molar refractivity (Wildman–Crippen MR) is 89.1 cm³/mol. The highest BCUT2D eigenvalue weighted by Crippen LogP contribution is 2.40. The molecule has 1 amide bonds. The van der Waals surface area contributed by atoms with E-state index >= 15 is 0 Å². The molecular weight excluding hydrogens is 290 g/mol. The number of nitrogens with one attached hydrogen (secondary N) is 1. The predicted octanol–water partition coefficient (Wildman–Crippen LogP) is 3.51. The van der Waals surface area contributed by atoms with Gasteiger partial charge in [-0.05, 0) is 19.1 Å². The highest BCUT2D eigenvalue weighted by molar-refractivity contribution is 5.97. The van der Waals surface area contributed by atoms with Gasteiger partial charge in [0, 0.05) is 23.6 Å². The van der Waals surface area contributed by atoms with E-state index in [1.54, 1.807) is 13.2 Å². The number of carbonyl (C=O) groups excluding carboxylic acids is 1. The van der Waals surface area contributed by atoms with Crippen molar-refractivity contribution in [2.45, 2.75) is 32.4 Å². The van der Waals surface area contributed by atoms with Crippen molar-refractivity contribution in [1.82, 2.24) is 5.32 Å². The van der Waals surface area contributed by atoms with Crippen molar-refractivity contribution in [2.24, 2.45) is 0 Å². The highest BCUT2D eigenvalue weighted by atomic mass is 16.5. The molecule has 0 aromatic heterocycles.